The van der Waals surface area contributed by atoms with Crippen molar-refractivity contribution in [3.8, 4) is 21.8 Å². The van der Waals surface area contributed by atoms with Gasteiger partial charge in [0.25, 0.3) is 5.91 Å². The Kier molecular flexibility index (Phi) is 8.27. The van der Waals surface area contributed by atoms with Crippen LogP contribution in [0.1, 0.15) is 21.5 Å². The summed E-state index contributed by atoms with van der Waals surface area (Å²) in [7, 11) is 2.16. The van der Waals surface area contributed by atoms with Crippen molar-refractivity contribution in [2.75, 3.05) is 43.9 Å². The van der Waals surface area contributed by atoms with Crippen LogP contribution in [0.3, 0.4) is 0 Å². The zero-order valence-electron chi connectivity index (χ0n) is 23.6. The highest BCUT2D eigenvalue weighted by Crippen LogP contribution is 2.27. The van der Waals surface area contributed by atoms with E-state index in [1.54, 1.807) is 36.1 Å². The number of hydrogen-bond acceptors (Lipinski definition) is 9. The van der Waals surface area contributed by atoms with E-state index in [0.717, 1.165) is 65.8 Å². The molecule has 0 bridgehead atoms. The van der Waals surface area contributed by atoms with Crippen LogP contribution in [0.15, 0.2) is 84.8 Å². The second-order valence-electron chi connectivity index (χ2n) is 10.5. The van der Waals surface area contributed by atoms with Gasteiger partial charge in [-0.25, -0.2) is 15.0 Å². The SMILES string of the molecule is Cc1ccc(NC(=O)c2ccc(CN3CCN(C)CC3)cc2)cc1Nc1nccc(-c2cncc(-c3nccs3)c2)n1. The highest BCUT2D eigenvalue weighted by molar-refractivity contribution is 7.13. The summed E-state index contributed by atoms with van der Waals surface area (Å²) in [5, 5.41) is 9.19. The lowest BCUT2D eigenvalue weighted by atomic mass is 10.1. The van der Waals surface area contributed by atoms with Gasteiger partial charge in [-0.05, 0) is 61.5 Å². The van der Waals surface area contributed by atoms with Gasteiger partial charge >= 0.3 is 0 Å². The fourth-order valence-corrected chi connectivity index (χ4v) is 5.45. The Hall–Kier alpha value is -4.51. The molecule has 3 aromatic heterocycles. The first kappa shape index (κ1) is 27.6. The second-order valence-corrected chi connectivity index (χ2v) is 11.3. The summed E-state index contributed by atoms with van der Waals surface area (Å²) >= 11 is 1.57. The molecule has 0 spiro atoms. The standard InChI is InChI=1S/C32H32N8OS/c1-22-3-8-27(36-30(41)24-6-4-23(5-7-24)21-40-14-12-39(2)13-15-40)18-29(22)38-32-35-10-9-28(37-32)25-17-26(20-33-19-25)31-34-11-16-42-31/h3-11,16-20H,12-15,21H2,1-2H3,(H,36,41)(H,35,37,38). The lowest BCUT2D eigenvalue weighted by molar-refractivity contribution is 0.102. The Bertz CT molecular complexity index is 1660. The first-order chi connectivity index (χ1) is 20.5. The predicted octanol–water partition coefficient (Wildman–Crippen LogP) is 5.71. The normalized spacial score (nSPS) is 14.0. The number of piperazine rings is 1. The van der Waals surface area contributed by atoms with Gasteiger partial charge in [-0.15, -0.1) is 11.3 Å². The molecule has 0 aliphatic carbocycles. The first-order valence-corrected chi connectivity index (χ1v) is 14.8. The number of nitrogens with zero attached hydrogens (tertiary/aromatic N) is 6. The number of hydrogen-bond donors (Lipinski definition) is 2. The van der Waals surface area contributed by atoms with Crippen LogP contribution in [0.2, 0.25) is 0 Å². The monoisotopic (exact) mass is 576 g/mol. The minimum Gasteiger partial charge on any atom is -0.324 e. The van der Waals surface area contributed by atoms with Crippen molar-refractivity contribution in [2.24, 2.45) is 0 Å². The van der Waals surface area contributed by atoms with Crippen LogP contribution in [0.5, 0.6) is 0 Å². The fraction of sp³-hybridized carbons (Fsp3) is 0.219. The van der Waals surface area contributed by atoms with E-state index in [9.17, 15) is 4.79 Å². The minimum atomic E-state index is -0.151. The first-order valence-electron chi connectivity index (χ1n) is 13.9. The van der Waals surface area contributed by atoms with Gasteiger partial charge in [-0.2, -0.15) is 0 Å². The van der Waals surface area contributed by atoms with Gasteiger partial charge in [0.15, 0.2) is 0 Å². The molecule has 6 rings (SSSR count). The number of carbonyl (C=O) groups excluding carboxylic acids is 1. The molecule has 1 saturated heterocycles. The molecule has 1 fully saturated rings. The molecule has 2 N–H and O–H groups in total. The van der Waals surface area contributed by atoms with Crippen molar-refractivity contribution in [3.05, 3.63) is 101 Å². The van der Waals surface area contributed by atoms with E-state index in [1.165, 1.54) is 5.56 Å². The molecule has 1 aliphatic rings. The van der Waals surface area contributed by atoms with Gasteiger partial charge in [0.2, 0.25) is 5.95 Å². The van der Waals surface area contributed by atoms with Crippen molar-refractivity contribution >= 4 is 34.6 Å². The van der Waals surface area contributed by atoms with Gasteiger partial charge in [-0.1, -0.05) is 18.2 Å². The topological polar surface area (TPSA) is 99.2 Å². The quantitative estimate of drug-likeness (QED) is 0.242. The third-order valence-corrected chi connectivity index (χ3v) is 8.15. The average Bonchev–Trinajstić information content (AvgIpc) is 3.56. The maximum Gasteiger partial charge on any atom is 0.255 e. The van der Waals surface area contributed by atoms with E-state index in [4.69, 9.17) is 4.98 Å². The predicted molar refractivity (Wildman–Crippen MR) is 168 cm³/mol. The molecule has 1 aliphatic heterocycles. The smallest absolute Gasteiger partial charge is 0.255 e. The molecule has 0 saturated carbocycles. The highest BCUT2D eigenvalue weighted by atomic mass is 32.1. The van der Waals surface area contributed by atoms with Gasteiger partial charge in [0.1, 0.15) is 5.01 Å². The maximum atomic E-state index is 13.0. The van der Waals surface area contributed by atoms with Gasteiger partial charge in [0, 0.05) is 91.0 Å². The van der Waals surface area contributed by atoms with Crippen LogP contribution in [-0.4, -0.2) is 68.9 Å². The van der Waals surface area contributed by atoms with Crippen molar-refractivity contribution < 1.29 is 4.79 Å². The summed E-state index contributed by atoms with van der Waals surface area (Å²) in [5.74, 6) is 0.302. The van der Waals surface area contributed by atoms with Crippen LogP contribution < -0.4 is 10.6 Å². The van der Waals surface area contributed by atoms with Crippen molar-refractivity contribution in [3.63, 3.8) is 0 Å². The zero-order chi connectivity index (χ0) is 28.9. The fourth-order valence-electron chi connectivity index (χ4n) is 4.83. The molecule has 9 nitrogen and oxygen atoms in total. The van der Waals surface area contributed by atoms with Gasteiger partial charge < -0.3 is 15.5 Å². The Morgan fingerprint density at radius 2 is 1.74 bits per heavy atom. The third-order valence-electron chi connectivity index (χ3n) is 7.33. The van der Waals surface area contributed by atoms with Crippen LogP contribution in [0.25, 0.3) is 21.8 Å². The molecular formula is C32H32N8OS. The molecular weight excluding hydrogens is 544 g/mol. The largest absolute Gasteiger partial charge is 0.324 e. The lowest BCUT2D eigenvalue weighted by Crippen LogP contribution is -2.43. The van der Waals surface area contributed by atoms with Crippen LogP contribution >= 0.6 is 11.3 Å². The number of pyridine rings is 1. The number of likely N-dealkylation sites (N-methyl/N-ethyl adjacent to an activating group) is 1. The van der Waals surface area contributed by atoms with Crippen LogP contribution in [0.4, 0.5) is 17.3 Å². The van der Waals surface area contributed by atoms with E-state index in [1.807, 2.05) is 66.9 Å². The molecule has 0 unspecified atom stereocenters. The van der Waals surface area contributed by atoms with Crippen molar-refractivity contribution in [2.45, 2.75) is 13.5 Å². The van der Waals surface area contributed by atoms with Crippen LogP contribution in [0, 0.1) is 6.92 Å². The number of amides is 1. The summed E-state index contributed by atoms with van der Waals surface area (Å²) < 4.78 is 0. The third kappa shape index (κ3) is 6.68. The number of benzene rings is 2. The van der Waals surface area contributed by atoms with E-state index in [2.05, 4.69) is 42.4 Å². The number of rotatable bonds is 8. The zero-order valence-corrected chi connectivity index (χ0v) is 24.4. The molecule has 0 radical (unpaired) electrons. The second kappa shape index (κ2) is 12.6. The minimum absolute atomic E-state index is 0.151. The van der Waals surface area contributed by atoms with Gasteiger partial charge in [0.05, 0.1) is 5.69 Å². The molecule has 5 aromatic rings. The highest BCUT2D eigenvalue weighted by Gasteiger charge is 2.15. The summed E-state index contributed by atoms with van der Waals surface area (Å²) in [6.07, 6.45) is 7.08. The van der Waals surface area contributed by atoms with Gasteiger partial charge in [-0.3, -0.25) is 14.7 Å². The molecule has 4 heterocycles. The Morgan fingerprint density at radius 3 is 2.52 bits per heavy atom. The average molecular weight is 577 g/mol. The molecule has 42 heavy (non-hydrogen) atoms. The number of aryl methyl sites for hydroxylation is 1. The van der Waals surface area contributed by atoms with E-state index >= 15 is 0 Å². The number of anilines is 3. The molecule has 10 heteroatoms. The van der Waals surface area contributed by atoms with Crippen LogP contribution in [-0.2, 0) is 6.54 Å². The molecule has 212 valence electrons. The maximum absolute atomic E-state index is 13.0. The number of thiazole rings is 1. The molecule has 0 atom stereocenters. The molecule has 2 aromatic carbocycles. The summed E-state index contributed by atoms with van der Waals surface area (Å²) in [6, 6.07) is 17.5. The lowest BCUT2D eigenvalue weighted by Gasteiger charge is -2.32. The summed E-state index contributed by atoms with van der Waals surface area (Å²) in [6.45, 7) is 7.21. The van der Waals surface area contributed by atoms with E-state index in [-0.39, 0.29) is 5.91 Å². The number of nitrogens with one attached hydrogen (secondary N) is 2. The van der Waals surface area contributed by atoms with E-state index in [0.29, 0.717) is 17.2 Å². The Morgan fingerprint density at radius 1 is 0.929 bits per heavy atom. The Labute approximate surface area is 249 Å². The van der Waals surface area contributed by atoms with Crippen molar-refractivity contribution in [1.82, 2.24) is 29.7 Å². The number of aromatic nitrogens is 4. The summed E-state index contributed by atoms with van der Waals surface area (Å²) in [4.78, 5) is 35.7. The molecule has 1 amide bonds. The van der Waals surface area contributed by atoms with Crippen molar-refractivity contribution in [1.29, 1.82) is 0 Å². The Balaban J connectivity index is 1.12. The summed E-state index contributed by atoms with van der Waals surface area (Å²) in [5.41, 5.74) is 6.90. The van der Waals surface area contributed by atoms with E-state index < -0.39 is 0 Å². The number of carbonyl (C=O) groups is 1.